The average Bonchev–Trinajstić information content (AvgIpc) is 3.09. The summed E-state index contributed by atoms with van der Waals surface area (Å²) in [5.74, 6) is 0.564. The Morgan fingerprint density at radius 1 is 1.39 bits per heavy atom. The van der Waals surface area contributed by atoms with E-state index in [2.05, 4.69) is 25.9 Å². The van der Waals surface area contributed by atoms with Crippen LogP contribution < -0.4 is 0 Å². The van der Waals surface area contributed by atoms with Crippen LogP contribution in [0.15, 0.2) is 11.4 Å². The van der Waals surface area contributed by atoms with Crippen molar-refractivity contribution in [2.45, 2.75) is 25.8 Å². The predicted octanol–water partition coefficient (Wildman–Crippen LogP) is 1.54. The predicted molar refractivity (Wildman–Crippen MR) is 91.8 cm³/mol. The molecule has 3 rings (SSSR count). The maximum Gasteiger partial charge on any atom is 0.255 e. The van der Waals surface area contributed by atoms with Crippen molar-refractivity contribution in [2.24, 2.45) is 5.92 Å². The number of nitrogens with zero attached hydrogens (tertiary/aromatic N) is 3. The van der Waals surface area contributed by atoms with Crippen molar-refractivity contribution in [1.82, 2.24) is 14.7 Å². The van der Waals surface area contributed by atoms with Crippen LogP contribution in [-0.4, -0.2) is 72.8 Å². The van der Waals surface area contributed by atoms with Crippen LogP contribution >= 0.6 is 11.3 Å². The second-order valence-electron chi connectivity index (χ2n) is 6.89. The number of fused-ring (bicyclic) bond motifs is 1. The first-order valence-electron chi connectivity index (χ1n) is 8.27. The smallest absolute Gasteiger partial charge is 0.255 e. The molecule has 0 spiro atoms. The summed E-state index contributed by atoms with van der Waals surface area (Å²) in [6.45, 7) is 4.62. The highest BCUT2D eigenvalue weighted by Crippen LogP contribution is 2.24. The number of likely N-dealkylation sites (N-methyl/N-ethyl adjacent to an activating group) is 1. The van der Waals surface area contributed by atoms with Gasteiger partial charge in [0.1, 0.15) is 6.54 Å². The largest absolute Gasteiger partial charge is 0.339 e. The van der Waals surface area contributed by atoms with Gasteiger partial charge in [-0.2, -0.15) is 0 Å². The van der Waals surface area contributed by atoms with E-state index in [9.17, 15) is 9.59 Å². The molecule has 2 aliphatic heterocycles. The van der Waals surface area contributed by atoms with Crippen LogP contribution in [0.1, 0.15) is 28.6 Å². The number of carbonyl (C=O) groups excluding carboxylic acids is 2. The van der Waals surface area contributed by atoms with Crippen LogP contribution in [0.25, 0.3) is 0 Å². The highest BCUT2D eigenvalue weighted by atomic mass is 32.1. The van der Waals surface area contributed by atoms with Gasteiger partial charge in [-0.05, 0) is 44.3 Å². The Balaban J connectivity index is 1.65. The summed E-state index contributed by atoms with van der Waals surface area (Å²) in [6.07, 6.45) is 1.87. The fourth-order valence-electron chi connectivity index (χ4n) is 3.67. The summed E-state index contributed by atoms with van der Waals surface area (Å²) in [5.41, 5.74) is 0.793. The third-order valence-corrected chi connectivity index (χ3v) is 5.99. The molecule has 23 heavy (non-hydrogen) atoms. The SMILES string of the molecule is CC1CN(C(=O)CN2CCCc3sccc3C2=O)CC1N(C)C. The van der Waals surface area contributed by atoms with Crippen molar-refractivity contribution in [1.29, 1.82) is 0 Å². The normalized spacial score (nSPS) is 25.0. The first-order valence-corrected chi connectivity index (χ1v) is 9.15. The molecule has 2 amide bonds. The van der Waals surface area contributed by atoms with Gasteiger partial charge in [0, 0.05) is 30.6 Å². The van der Waals surface area contributed by atoms with Gasteiger partial charge < -0.3 is 14.7 Å². The van der Waals surface area contributed by atoms with Crippen molar-refractivity contribution in [3.63, 3.8) is 0 Å². The molecule has 1 aromatic heterocycles. The monoisotopic (exact) mass is 335 g/mol. The molecule has 3 heterocycles. The Labute approximate surface area is 141 Å². The Morgan fingerprint density at radius 2 is 2.17 bits per heavy atom. The minimum atomic E-state index is 0.0171. The van der Waals surface area contributed by atoms with E-state index in [1.54, 1.807) is 16.2 Å². The van der Waals surface area contributed by atoms with E-state index >= 15 is 0 Å². The van der Waals surface area contributed by atoms with Crippen LogP contribution in [0.3, 0.4) is 0 Å². The Hall–Kier alpha value is -1.40. The average molecular weight is 335 g/mol. The standard InChI is InChI=1S/C17H25N3O2S/c1-12-9-20(10-14(12)18(2)3)16(21)11-19-7-4-5-15-13(17(19)22)6-8-23-15/h6,8,12,14H,4-5,7,9-11H2,1-3H3. The van der Waals surface area contributed by atoms with Crippen molar-refractivity contribution in [3.05, 3.63) is 21.9 Å². The number of thiophene rings is 1. The summed E-state index contributed by atoms with van der Waals surface area (Å²) in [7, 11) is 4.12. The Bertz CT molecular complexity index is 598. The molecule has 0 N–H and O–H groups in total. The lowest BCUT2D eigenvalue weighted by atomic mass is 10.1. The molecule has 0 aliphatic carbocycles. The lowest BCUT2D eigenvalue weighted by Gasteiger charge is -2.25. The minimum absolute atomic E-state index is 0.0171. The number of likely N-dealkylation sites (tertiary alicyclic amines) is 1. The van der Waals surface area contributed by atoms with Crippen molar-refractivity contribution in [2.75, 3.05) is 40.3 Å². The molecule has 0 radical (unpaired) electrons. The van der Waals surface area contributed by atoms with Gasteiger partial charge in [0.05, 0.1) is 5.56 Å². The Kier molecular flexibility index (Phi) is 4.73. The number of hydrogen-bond acceptors (Lipinski definition) is 4. The summed E-state index contributed by atoms with van der Waals surface area (Å²) >= 11 is 1.64. The first kappa shape index (κ1) is 16.5. The van der Waals surface area contributed by atoms with Gasteiger partial charge in [-0.1, -0.05) is 6.92 Å². The summed E-state index contributed by atoms with van der Waals surface area (Å²) in [5, 5.41) is 1.97. The zero-order valence-corrected chi connectivity index (χ0v) is 14.9. The second-order valence-corrected chi connectivity index (χ2v) is 7.90. The van der Waals surface area contributed by atoms with Gasteiger partial charge in [-0.15, -0.1) is 11.3 Å². The number of rotatable bonds is 3. The molecule has 1 saturated heterocycles. The summed E-state index contributed by atoms with van der Waals surface area (Å²) in [4.78, 5) is 32.3. The number of aryl methyl sites for hydroxylation is 1. The van der Waals surface area contributed by atoms with E-state index in [1.807, 2.05) is 16.3 Å². The summed E-state index contributed by atoms with van der Waals surface area (Å²) < 4.78 is 0. The van der Waals surface area contributed by atoms with Gasteiger partial charge >= 0.3 is 0 Å². The van der Waals surface area contributed by atoms with E-state index in [1.165, 1.54) is 0 Å². The molecule has 0 aromatic carbocycles. The van der Waals surface area contributed by atoms with E-state index < -0.39 is 0 Å². The van der Waals surface area contributed by atoms with Gasteiger partial charge in [-0.25, -0.2) is 0 Å². The fourth-order valence-corrected chi connectivity index (χ4v) is 4.58. The molecule has 0 saturated carbocycles. The zero-order valence-electron chi connectivity index (χ0n) is 14.1. The van der Waals surface area contributed by atoms with E-state index in [-0.39, 0.29) is 18.4 Å². The molecule has 5 nitrogen and oxygen atoms in total. The molecular formula is C17H25N3O2S. The second kappa shape index (κ2) is 6.61. The lowest BCUT2D eigenvalue weighted by Crippen LogP contribution is -2.43. The molecule has 6 heteroatoms. The van der Waals surface area contributed by atoms with Crippen molar-refractivity contribution < 1.29 is 9.59 Å². The van der Waals surface area contributed by atoms with Crippen molar-refractivity contribution >= 4 is 23.2 Å². The van der Waals surface area contributed by atoms with Gasteiger partial charge in [0.25, 0.3) is 5.91 Å². The molecule has 2 atom stereocenters. The van der Waals surface area contributed by atoms with Gasteiger partial charge in [0.2, 0.25) is 5.91 Å². The molecule has 1 aromatic rings. The van der Waals surface area contributed by atoms with Gasteiger partial charge in [-0.3, -0.25) is 9.59 Å². The van der Waals surface area contributed by atoms with Crippen molar-refractivity contribution in [3.8, 4) is 0 Å². The van der Waals surface area contributed by atoms with Crippen LogP contribution in [0, 0.1) is 5.92 Å². The molecule has 2 aliphatic rings. The molecule has 0 bridgehead atoms. The maximum atomic E-state index is 12.7. The maximum absolute atomic E-state index is 12.7. The van der Waals surface area contributed by atoms with E-state index in [0.717, 1.165) is 36.4 Å². The van der Waals surface area contributed by atoms with E-state index in [0.29, 0.717) is 18.5 Å². The lowest BCUT2D eigenvalue weighted by molar-refractivity contribution is -0.131. The zero-order chi connectivity index (χ0) is 16.6. The van der Waals surface area contributed by atoms with Gasteiger partial charge in [0.15, 0.2) is 0 Å². The highest BCUT2D eigenvalue weighted by molar-refractivity contribution is 7.10. The summed E-state index contributed by atoms with van der Waals surface area (Å²) in [6, 6.07) is 2.30. The van der Waals surface area contributed by atoms with Crippen LogP contribution in [0.4, 0.5) is 0 Å². The van der Waals surface area contributed by atoms with Crippen LogP contribution in [-0.2, 0) is 11.2 Å². The van der Waals surface area contributed by atoms with Crippen LogP contribution in [0.5, 0.6) is 0 Å². The molecular weight excluding hydrogens is 310 g/mol. The molecule has 2 unspecified atom stereocenters. The topological polar surface area (TPSA) is 43.9 Å². The third-order valence-electron chi connectivity index (χ3n) is 5.01. The molecule has 126 valence electrons. The number of carbonyl (C=O) groups is 2. The Morgan fingerprint density at radius 3 is 2.87 bits per heavy atom. The van der Waals surface area contributed by atoms with E-state index in [4.69, 9.17) is 0 Å². The van der Waals surface area contributed by atoms with Crippen LogP contribution in [0.2, 0.25) is 0 Å². The number of amides is 2. The third kappa shape index (κ3) is 3.28. The fraction of sp³-hybridized carbons (Fsp3) is 0.647. The first-order chi connectivity index (χ1) is 11.0. The number of hydrogen-bond donors (Lipinski definition) is 0. The highest BCUT2D eigenvalue weighted by Gasteiger charge is 2.35. The quantitative estimate of drug-likeness (QED) is 0.842. The minimum Gasteiger partial charge on any atom is -0.339 e. The molecule has 1 fully saturated rings.